The number of nitrogens with one attached hydrogen (secondary N) is 1. The first-order chi connectivity index (χ1) is 16.3. The Hall–Kier alpha value is -3.12. The lowest BCUT2D eigenvalue weighted by molar-refractivity contribution is -0.154. The molecule has 8 nitrogen and oxygen atoms in total. The summed E-state index contributed by atoms with van der Waals surface area (Å²) in [6, 6.07) is 4.09. The van der Waals surface area contributed by atoms with Gasteiger partial charge in [-0.2, -0.15) is 13.2 Å². The van der Waals surface area contributed by atoms with Crippen LogP contribution in [-0.2, 0) is 16.6 Å². The van der Waals surface area contributed by atoms with E-state index >= 15 is 0 Å². The molecular weight excluding hydrogens is 483 g/mol. The summed E-state index contributed by atoms with van der Waals surface area (Å²) in [5.74, 6) is -1.62. The van der Waals surface area contributed by atoms with E-state index in [0.29, 0.717) is 33.4 Å². The van der Waals surface area contributed by atoms with Gasteiger partial charge in [-0.1, -0.05) is 13.8 Å². The minimum absolute atomic E-state index is 0.201. The predicted octanol–water partition coefficient (Wildman–Crippen LogP) is 5.16. The largest absolute Gasteiger partial charge is 0.481 e. The Morgan fingerprint density at radius 1 is 1.23 bits per heavy atom. The molecule has 4 rings (SSSR count). The average molecular weight is 508 g/mol. The fourth-order valence-electron chi connectivity index (χ4n) is 4.56. The number of nitrogens with zero attached hydrogens (tertiary/aromatic N) is 4. The molecule has 0 aliphatic heterocycles. The molecule has 3 aromatic heterocycles. The topological polar surface area (TPSA) is 121 Å². The zero-order valence-electron chi connectivity index (χ0n) is 19.2. The van der Waals surface area contributed by atoms with E-state index in [9.17, 15) is 28.2 Å². The summed E-state index contributed by atoms with van der Waals surface area (Å²) in [6.07, 6.45) is -1.10. The molecule has 35 heavy (non-hydrogen) atoms. The van der Waals surface area contributed by atoms with Crippen LogP contribution < -0.4 is 5.32 Å². The number of pyridine rings is 1. The molecule has 0 spiro atoms. The Morgan fingerprint density at radius 2 is 1.97 bits per heavy atom. The first-order valence-corrected chi connectivity index (χ1v) is 11.7. The van der Waals surface area contributed by atoms with Crippen molar-refractivity contribution in [3.8, 4) is 10.6 Å². The molecule has 3 heterocycles. The molecule has 0 unspecified atom stereocenters. The Bertz CT molecular complexity index is 1260. The van der Waals surface area contributed by atoms with Crippen molar-refractivity contribution in [3.05, 3.63) is 47.0 Å². The van der Waals surface area contributed by atoms with E-state index in [1.165, 1.54) is 11.3 Å². The van der Waals surface area contributed by atoms with E-state index in [-0.39, 0.29) is 18.8 Å². The number of aromatic nitrogens is 4. The van der Waals surface area contributed by atoms with Gasteiger partial charge in [0.05, 0.1) is 16.5 Å². The Kier molecular flexibility index (Phi) is 6.30. The van der Waals surface area contributed by atoms with Crippen molar-refractivity contribution in [2.45, 2.75) is 51.8 Å². The van der Waals surface area contributed by atoms with Gasteiger partial charge in [0.2, 0.25) is 5.95 Å². The summed E-state index contributed by atoms with van der Waals surface area (Å²) in [4.78, 5) is 28.6. The number of aliphatic carboxylic acids is 1. The minimum atomic E-state index is -4.59. The molecule has 1 aliphatic rings. The highest BCUT2D eigenvalue weighted by Gasteiger charge is 2.49. The molecule has 2 atom stereocenters. The number of carboxylic acids is 1. The second kappa shape index (κ2) is 8.83. The number of hydrogen-bond donors (Lipinski definition) is 3. The number of rotatable bonds is 5. The normalized spacial score (nSPS) is 22.1. The first-order valence-electron chi connectivity index (χ1n) is 10.8. The van der Waals surface area contributed by atoms with Gasteiger partial charge < -0.3 is 15.5 Å². The molecule has 12 heteroatoms. The van der Waals surface area contributed by atoms with Crippen molar-refractivity contribution in [2.75, 3.05) is 5.32 Å². The van der Waals surface area contributed by atoms with Crippen LogP contribution in [0.4, 0.5) is 24.8 Å². The summed E-state index contributed by atoms with van der Waals surface area (Å²) in [7, 11) is 0. The molecule has 0 radical (unpaired) electrons. The molecular formula is C23H24F3N5O3S. The highest BCUT2D eigenvalue weighted by Crippen LogP contribution is 2.50. The third-order valence-electron chi connectivity index (χ3n) is 6.15. The highest BCUT2D eigenvalue weighted by molar-refractivity contribution is 7.15. The lowest BCUT2D eigenvalue weighted by Gasteiger charge is -2.44. The van der Waals surface area contributed by atoms with Crippen LogP contribution in [0.1, 0.15) is 49.5 Å². The van der Waals surface area contributed by atoms with Crippen molar-refractivity contribution < 1.29 is 28.2 Å². The molecule has 0 aromatic carbocycles. The third kappa shape index (κ3) is 5.27. The van der Waals surface area contributed by atoms with E-state index in [0.717, 1.165) is 12.3 Å². The Balaban J connectivity index is 1.59. The van der Waals surface area contributed by atoms with Crippen LogP contribution in [0.2, 0.25) is 0 Å². The van der Waals surface area contributed by atoms with Gasteiger partial charge in [-0.05, 0) is 49.8 Å². The van der Waals surface area contributed by atoms with Gasteiger partial charge in [0.1, 0.15) is 16.3 Å². The summed E-state index contributed by atoms with van der Waals surface area (Å²) in [5.41, 5.74) is -1.35. The molecule has 1 aliphatic carbocycles. The quantitative estimate of drug-likeness (QED) is 0.433. The molecule has 0 amide bonds. The van der Waals surface area contributed by atoms with Gasteiger partial charge in [-0.25, -0.2) is 15.0 Å². The number of carbonyl (C=O) groups is 1. The van der Waals surface area contributed by atoms with Gasteiger partial charge in [-0.15, -0.1) is 11.3 Å². The molecule has 0 bridgehead atoms. The molecule has 1 saturated carbocycles. The summed E-state index contributed by atoms with van der Waals surface area (Å²) in [6.45, 7) is 5.41. The lowest BCUT2D eigenvalue weighted by Crippen LogP contribution is -2.44. The van der Waals surface area contributed by atoms with Crippen LogP contribution in [0, 0.1) is 18.3 Å². The molecule has 3 N–H and O–H groups in total. The van der Waals surface area contributed by atoms with Crippen LogP contribution >= 0.6 is 11.3 Å². The van der Waals surface area contributed by atoms with Crippen molar-refractivity contribution in [1.29, 1.82) is 0 Å². The fraction of sp³-hybridized carbons (Fsp3) is 0.435. The van der Waals surface area contributed by atoms with Gasteiger partial charge >= 0.3 is 12.1 Å². The SMILES string of the molecule is Cc1cc(Nc2nccc(C(F)(F)F)n2)cc(-c2cnc([C@]3(O)CC[C@@H](C(=O)O)C(C)(C)C3)s2)n1. The molecule has 0 saturated heterocycles. The van der Waals surface area contributed by atoms with Crippen LogP contribution in [0.5, 0.6) is 0 Å². The summed E-state index contributed by atoms with van der Waals surface area (Å²) >= 11 is 1.25. The standard InChI is InChI=1S/C23H24F3N5O3S/c1-12-8-13(30-20-27-7-5-17(31-20)23(24,25)26)9-15(29-12)16-10-28-19(35-16)22(34)6-4-14(18(32)33)21(2,3)11-22/h5,7-10,14,34H,4,6,11H2,1-3H3,(H,32,33)(H,27,29,30,31)/t14-,22-/m0/s1. The van der Waals surface area contributed by atoms with E-state index in [1.54, 1.807) is 25.3 Å². The molecule has 3 aromatic rings. The fourth-order valence-corrected chi connectivity index (χ4v) is 5.55. The predicted molar refractivity (Wildman–Crippen MR) is 123 cm³/mol. The van der Waals surface area contributed by atoms with E-state index in [2.05, 4.69) is 25.3 Å². The molecule has 186 valence electrons. The number of carboxylic acid groups (broad SMARTS) is 1. The van der Waals surface area contributed by atoms with Crippen molar-refractivity contribution >= 4 is 28.9 Å². The zero-order valence-corrected chi connectivity index (χ0v) is 20.0. The number of hydrogen-bond acceptors (Lipinski definition) is 8. The first kappa shape index (κ1) is 25.0. The number of aliphatic hydroxyl groups is 1. The van der Waals surface area contributed by atoms with Gasteiger partial charge in [0.25, 0.3) is 0 Å². The van der Waals surface area contributed by atoms with Crippen LogP contribution in [0.3, 0.4) is 0 Å². The van der Waals surface area contributed by atoms with E-state index in [1.807, 2.05) is 13.8 Å². The Morgan fingerprint density at radius 3 is 2.63 bits per heavy atom. The van der Waals surface area contributed by atoms with Crippen molar-refractivity contribution in [2.24, 2.45) is 11.3 Å². The van der Waals surface area contributed by atoms with Crippen LogP contribution in [0.25, 0.3) is 10.6 Å². The van der Waals surface area contributed by atoms with Crippen molar-refractivity contribution in [1.82, 2.24) is 19.9 Å². The number of thiazole rings is 1. The lowest BCUT2D eigenvalue weighted by atomic mass is 9.63. The van der Waals surface area contributed by atoms with Gasteiger partial charge in [0.15, 0.2) is 0 Å². The number of anilines is 2. The summed E-state index contributed by atoms with van der Waals surface area (Å²) in [5, 5.41) is 24.1. The van der Waals surface area contributed by atoms with Gasteiger partial charge in [0, 0.05) is 23.8 Å². The van der Waals surface area contributed by atoms with Crippen molar-refractivity contribution in [3.63, 3.8) is 0 Å². The molecule has 1 fully saturated rings. The number of aryl methyl sites for hydroxylation is 1. The maximum Gasteiger partial charge on any atom is 0.433 e. The smallest absolute Gasteiger partial charge is 0.433 e. The van der Waals surface area contributed by atoms with E-state index in [4.69, 9.17) is 0 Å². The average Bonchev–Trinajstić information content (AvgIpc) is 3.23. The number of halogens is 3. The maximum atomic E-state index is 13.0. The Labute approximate surface area is 203 Å². The van der Waals surface area contributed by atoms with Crippen LogP contribution in [0.15, 0.2) is 30.6 Å². The maximum absolute atomic E-state index is 13.0. The summed E-state index contributed by atoms with van der Waals surface area (Å²) < 4.78 is 38.9. The highest BCUT2D eigenvalue weighted by atomic mass is 32.1. The van der Waals surface area contributed by atoms with Crippen LogP contribution in [-0.4, -0.2) is 36.1 Å². The third-order valence-corrected chi connectivity index (χ3v) is 7.36. The van der Waals surface area contributed by atoms with Gasteiger partial charge in [-0.3, -0.25) is 9.78 Å². The second-order valence-corrected chi connectivity index (χ2v) is 10.5. The minimum Gasteiger partial charge on any atom is -0.481 e. The van der Waals surface area contributed by atoms with E-state index < -0.39 is 34.8 Å². The second-order valence-electron chi connectivity index (χ2n) is 9.43. The number of alkyl halides is 3. The zero-order chi connectivity index (χ0) is 25.6. The monoisotopic (exact) mass is 507 g/mol.